The summed E-state index contributed by atoms with van der Waals surface area (Å²) in [4.78, 5) is 15.2. The van der Waals surface area contributed by atoms with Gasteiger partial charge in [0.1, 0.15) is 22.3 Å². The molecule has 0 bridgehead atoms. The van der Waals surface area contributed by atoms with Gasteiger partial charge in [-0.2, -0.15) is 9.97 Å². The van der Waals surface area contributed by atoms with Crippen LogP contribution < -0.4 is 0 Å². The van der Waals surface area contributed by atoms with Gasteiger partial charge in [0.2, 0.25) is 5.95 Å². The van der Waals surface area contributed by atoms with Gasteiger partial charge in [-0.1, -0.05) is 127 Å². The highest BCUT2D eigenvalue weighted by Gasteiger charge is 2.21. The highest BCUT2D eigenvalue weighted by molar-refractivity contribution is 6.19. The molecule has 64 heavy (non-hydrogen) atoms. The molecule has 0 aliphatic carbocycles. The molecule has 5 aromatic heterocycles. The van der Waals surface area contributed by atoms with Gasteiger partial charge < -0.3 is 13.4 Å². The molecule has 14 aromatic rings. The fraction of sp³-hybridized carbons (Fsp3) is 0. The standard InChI is InChI=1S/C57H33N5O2/c1-4-14-34(15-5-1)55-58-56(35-16-6-2-7-17-35)60-57(59-55)62-47-22-12-10-20-39(47)42-30-46-44-29-37(25-27-52(44)64-54(46)33-50(42)62)36-24-26-48-41(28-36)43-31-45-40-21-11-13-23-51(40)63-53(45)32-49(43)61(48)38-18-8-3-9-19-38/h1-33H. The van der Waals surface area contributed by atoms with Crippen LogP contribution in [-0.4, -0.2) is 24.1 Å². The third-order valence-electron chi connectivity index (χ3n) is 12.8. The summed E-state index contributed by atoms with van der Waals surface area (Å²) in [6.07, 6.45) is 0. The first-order chi connectivity index (χ1) is 31.7. The summed E-state index contributed by atoms with van der Waals surface area (Å²) in [5.74, 6) is 1.76. The SMILES string of the molecule is c1ccc(-c2nc(-c3ccccc3)nc(-n3c4ccccc4c4cc5c(cc43)oc3ccc(-c4ccc6c(c4)c4cc7c(cc4n6-c4ccccc4)oc4ccccc47)cc35)n2)cc1. The van der Waals surface area contributed by atoms with E-state index in [9.17, 15) is 0 Å². The lowest BCUT2D eigenvalue weighted by Crippen LogP contribution is -2.06. The molecule has 0 N–H and O–H groups in total. The van der Waals surface area contributed by atoms with Crippen LogP contribution in [0.15, 0.2) is 209 Å². The third kappa shape index (κ3) is 5.18. The summed E-state index contributed by atoms with van der Waals surface area (Å²) in [5.41, 5.74) is 12.8. The largest absolute Gasteiger partial charge is 0.456 e. The van der Waals surface area contributed by atoms with Crippen molar-refractivity contribution in [3.8, 4) is 45.5 Å². The quantitative estimate of drug-likeness (QED) is 0.173. The van der Waals surface area contributed by atoms with Crippen LogP contribution in [0.2, 0.25) is 0 Å². The maximum absolute atomic E-state index is 6.69. The average molecular weight is 820 g/mol. The summed E-state index contributed by atoms with van der Waals surface area (Å²) in [6.45, 7) is 0. The Balaban J connectivity index is 0.958. The van der Waals surface area contributed by atoms with E-state index < -0.39 is 0 Å². The van der Waals surface area contributed by atoms with Crippen LogP contribution >= 0.6 is 0 Å². The normalized spacial score (nSPS) is 12.1. The van der Waals surface area contributed by atoms with E-state index in [2.05, 4.69) is 137 Å². The van der Waals surface area contributed by atoms with E-state index in [1.54, 1.807) is 0 Å². The third-order valence-corrected chi connectivity index (χ3v) is 12.8. The summed E-state index contributed by atoms with van der Waals surface area (Å²) >= 11 is 0. The van der Waals surface area contributed by atoms with E-state index in [0.717, 1.165) is 105 Å². The lowest BCUT2D eigenvalue weighted by Gasteiger charge is -2.10. The van der Waals surface area contributed by atoms with E-state index in [1.165, 1.54) is 10.8 Å². The van der Waals surface area contributed by atoms with Crippen LogP contribution in [0, 0.1) is 0 Å². The van der Waals surface area contributed by atoms with Gasteiger partial charge in [0, 0.05) is 72.0 Å². The molecule has 5 heterocycles. The molecule has 14 rings (SSSR count). The predicted molar refractivity (Wildman–Crippen MR) is 259 cm³/mol. The summed E-state index contributed by atoms with van der Waals surface area (Å²) in [6, 6.07) is 69.8. The van der Waals surface area contributed by atoms with E-state index in [-0.39, 0.29) is 0 Å². The minimum atomic E-state index is 0.544. The zero-order chi connectivity index (χ0) is 41.9. The number of nitrogens with zero attached hydrogens (tertiary/aromatic N) is 5. The molecule has 0 saturated heterocycles. The lowest BCUT2D eigenvalue weighted by atomic mass is 10.00. The van der Waals surface area contributed by atoms with Crippen molar-refractivity contribution in [1.29, 1.82) is 0 Å². The highest BCUT2D eigenvalue weighted by Crippen LogP contribution is 2.42. The molecule has 9 aromatic carbocycles. The maximum Gasteiger partial charge on any atom is 0.238 e. The topological polar surface area (TPSA) is 74.8 Å². The van der Waals surface area contributed by atoms with Crippen molar-refractivity contribution in [3.05, 3.63) is 200 Å². The molecular weight excluding hydrogens is 787 g/mol. The van der Waals surface area contributed by atoms with E-state index >= 15 is 0 Å². The molecule has 0 atom stereocenters. The Morgan fingerprint density at radius 3 is 1.47 bits per heavy atom. The smallest absolute Gasteiger partial charge is 0.238 e. The Morgan fingerprint density at radius 2 is 0.766 bits per heavy atom. The molecule has 0 amide bonds. The number of furan rings is 2. The van der Waals surface area contributed by atoms with Crippen LogP contribution in [0.4, 0.5) is 0 Å². The van der Waals surface area contributed by atoms with Gasteiger partial charge >= 0.3 is 0 Å². The molecule has 7 nitrogen and oxygen atoms in total. The Hall–Kier alpha value is -8.81. The summed E-state index contributed by atoms with van der Waals surface area (Å²) in [7, 11) is 0. The van der Waals surface area contributed by atoms with E-state index in [1.807, 2.05) is 72.8 Å². The molecule has 0 unspecified atom stereocenters. The Kier molecular flexibility index (Phi) is 7.27. The first kappa shape index (κ1) is 34.9. The summed E-state index contributed by atoms with van der Waals surface area (Å²) in [5, 5.41) is 8.89. The van der Waals surface area contributed by atoms with Crippen molar-refractivity contribution in [2.45, 2.75) is 0 Å². The van der Waals surface area contributed by atoms with Crippen LogP contribution in [0.1, 0.15) is 0 Å². The van der Waals surface area contributed by atoms with Gasteiger partial charge in [-0.05, 0) is 71.8 Å². The number of para-hydroxylation sites is 3. The van der Waals surface area contributed by atoms with Gasteiger partial charge in [0.05, 0.1) is 22.1 Å². The molecule has 0 fully saturated rings. The van der Waals surface area contributed by atoms with Gasteiger partial charge in [0.15, 0.2) is 11.6 Å². The zero-order valence-corrected chi connectivity index (χ0v) is 34.1. The average Bonchev–Trinajstić information content (AvgIpc) is 4.10. The predicted octanol–water partition coefficient (Wildman–Crippen LogP) is 14.9. The minimum Gasteiger partial charge on any atom is -0.456 e. The van der Waals surface area contributed by atoms with Crippen molar-refractivity contribution in [1.82, 2.24) is 24.1 Å². The maximum atomic E-state index is 6.69. The van der Waals surface area contributed by atoms with Crippen molar-refractivity contribution in [3.63, 3.8) is 0 Å². The molecule has 0 saturated carbocycles. The molecular formula is C57H33N5O2. The van der Waals surface area contributed by atoms with E-state index in [4.69, 9.17) is 23.8 Å². The van der Waals surface area contributed by atoms with Gasteiger partial charge in [-0.25, -0.2) is 4.98 Å². The second-order valence-corrected chi connectivity index (χ2v) is 16.4. The number of hydrogen-bond acceptors (Lipinski definition) is 5. The Bertz CT molecular complexity index is 4120. The Labute approximate surface area is 364 Å². The van der Waals surface area contributed by atoms with Gasteiger partial charge in [0.25, 0.3) is 0 Å². The van der Waals surface area contributed by atoms with Crippen molar-refractivity contribution in [2.24, 2.45) is 0 Å². The molecule has 7 heteroatoms. The number of rotatable bonds is 5. The lowest BCUT2D eigenvalue weighted by molar-refractivity contribution is 0.669. The number of hydrogen-bond donors (Lipinski definition) is 0. The van der Waals surface area contributed by atoms with Gasteiger partial charge in [-0.15, -0.1) is 0 Å². The fourth-order valence-corrected chi connectivity index (χ4v) is 9.80. The highest BCUT2D eigenvalue weighted by atomic mass is 16.3. The first-order valence-electron chi connectivity index (χ1n) is 21.4. The van der Waals surface area contributed by atoms with Crippen LogP contribution in [0.25, 0.3) is 133 Å². The van der Waals surface area contributed by atoms with Crippen molar-refractivity contribution < 1.29 is 8.83 Å². The second-order valence-electron chi connectivity index (χ2n) is 16.4. The molecule has 0 aliphatic heterocycles. The number of aromatic nitrogens is 5. The summed E-state index contributed by atoms with van der Waals surface area (Å²) < 4.78 is 17.6. The molecule has 0 radical (unpaired) electrons. The second kappa shape index (κ2) is 13.3. The fourth-order valence-electron chi connectivity index (χ4n) is 9.80. The zero-order valence-electron chi connectivity index (χ0n) is 34.1. The number of fused-ring (bicyclic) bond motifs is 12. The van der Waals surface area contributed by atoms with Crippen molar-refractivity contribution >= 4 is 87.5 Å². The Morgan fingerprint density at radius 1 is 0.281 bits per heavy atom. The van der Waals surface area contributed by atoms with Crippen LogP contribution in [-0.2, 0) is 0 Å². The first-order valence-corrected chi connectivity index (χ1v) is 21.4. The van der Waals surface area contributed by atoms with Gasteiger partial charge in [-0.3, -0.25) is 4.57 Å². The van der Waals surface area contributed by atoms with Crippen LogP contribution in [0.3, 0.4) is 0 Å². The molecule has 0 aliphatic rings. The van der Waals surface area contributed by atoms with Crippen LogP contribution in [0.5, 0.6) is 0 Å². The molecule has 298 valence electrons. The van der Waals surface area contributed by atoms with Crippen molar-refractivity contribution in [2.75, 3.05) is 0 Å². The monoisotopic (exact) mass is 819 g/mol. The minimum absolute atomic E-state index is 0.544. The molecule has 0 spiro atoms. The number of benzene rings is 9. The van der Waals surface area contributed by atoms with E-state index in [0.29, 0.717) is 17.6 Å².